The Balaban J connectivity index is 1.45. The number of pyridine rings is 1. The van der Waals surface area contributed by atoms with Crippen LogP contribution in [0.1, 0.15) is 33.5 Å². The summed E-state index contributed by atoms with van der Waals surface area (Å²) in [5, 5.41) is 14.5. The number of alkyl halides is 1. The zero-order valence-corrected chi connectivity index (χ0v) is 20.6. The Hall–Kier alpha value is -3.14. The minimum absolute atomic E-state index is 0.260. The van der Waals surface area contributed by atoms with Crippen LogP contribution in [0.25, 0.3) is 0 Å². The number of benzene rings is 2. The van der Waals surface area contributed by atoms with Crippen molar-refractivity contribution in [3.63, 3.8) is 0 Å². The maximum atomic E-state index is 13.0. The van der Waals surface area contributed by atoms with E-state index in [4.69, 9.17) is 10.1 Å². The number of hydrogen-bond acceptors (Lipinski definition) is 5. The van der Waals surface area contributed by atoms with Gasteiger partial charge in [-0.15, -0.1) is 0 Å². The summed E-state index contributed by atoms with van der Waals surface area (Å²) in [5.41, 5.74) is 4.26. The van der Waals surface area contributed by atoms with Crippen molar-refractivity contribution in [3.05, 3.63) is 83.0 Å². The maximum Gasteiger partial charge on any atom is 0.259 e. The van der Waals surface area contributed by atoms with Gasteiger partial charge in [0.15, 0.2) is 0 Å². The highest BCUT2D eigenvalue weighted by Crippen LogP contribution is 2.24. The fourth-order valence-electron chi connectivity index (χ4n) is 3.45. The highest BCUT2D eigenvalue weighted by atomic mass is 127. The molecule has 3 aromatic rings. The second kappa shape index (κ2) is 10.7. The number of nitrogens with one attached hydrogen (secondary N) is 3. The van der Waals surface area contributed by atoms with Gasteiger partial charge in [-0.25, -0.2) is 4.98 Å². The van der Waals surface area contributed by atoms with Gasteiger partial charge >= 0.3 is 0 Å². The van der Waals surface area contributed by atoms with E-state index in [1.54, 1.807) is 25.4 Å². The van der Waals surface area contributed by atoms with Gasteiger partial charge in [0.05, 0.1) is 12.7 Å². The van der Waals surface area contributed by atoms with Crippen LogP contribution in [0.3, 0.4) is 0 Å². The van der Waals surface area contributed by atoms with Crippen LogP contribution in [0.5, 0.6) is 5.75 Å². The zero-order valence-electron chi connectivity index (χ0n) is 18.4. The Labute approximate surface area is 207 Å². The molecule has 0 bridgehead atoms. The van der Waals surface area contributed by atoms with Crippen molar-refractivity contribution in [2.45, 2.75) is 17.4 Å². The molecule has 8 heteroatoms. The molecule has 3 N–H and O–H groups in total. The summed E-state index contributed by atoms with van der Waals surface area (Å²) in [4.78, 5) is 19.4. The minimum atomic E-state index is -0.260. The fraction of sp³-hybridized carbons (Fsp3) is 0.240. The normalized spacial score (nSPS) is 12.6. The zero-order chi connectivity index (χ0) is 23.2. The molecule has 0 spiro atoms. The van der Waals surface area contributed by atoms with E-state index in [-0.39, 0.29) is 5.91 Å². The lowest BCUT2D eigenvalue weighted by atomic mass is 10.1. The molecule has 0 aliphatic carbocycles. The number of carbonyl (C=O) groups excluding carboxylic acids is 1. The number of aromatic nitrogens is 1. The minimum Gasteiger partial charge on any atom is -0.497 e. The standard InChI is InChI=1S/C25H26IN5O2/c1-33-20-8-9-22(21(13-20)25(32)30-23-10-5-18(14-26)16-29-23)28-15-17-3-6-19(7-4-17)24(27)31-11-2-12-31/h3-10,13,16,27-28H,2,11-12,14-15H2,1H3,(H,29,30,32). The number of rotatable bonds is 8. The molecule has 2 aromatic carbocycles. The summed E-state index contributed by atoms with van der Waals surface area (Å²) in [5.74, 6) is 1.43. The SMILES string of the molecule is COc1ccc(NCc2ccc(C(=N)N3CCC3)cc2)c(C(=O)Nc2ccc(CI)cn2)c1. The lowest BCUT2D eigenvalue weighted by Gasteiger charge is -2.33. The molecule has 1 aromatic heterocycles. The Morgan fingerprint density at radius 3 is 2.48 bits per heavy atom. The molecule has 2 heterocycles. The van der Waals surface area contributed by atoms with Crippen LogP contribution < -0.4 is 15.4 Å². The molecule has 1 saturated heterocycles. The molecular formula is C25H26IN5O2. The predicted molar refractivity (Wildman–Crippen MR) is 140 cm³/mol. The third kappa shape index (κ3) is 5.62. The highest BCUT2D eigenvalue weighted by molar-refractivity contribution is 14.1. The first-order valence-electron chi connectivity index (χ1n) is 10.7. The van der Waals surface area contributed by atoms with Crippen LogP contribution in [-0.4, -0.2) is 41.8 Å². The number of hydrogen-bond donors (Lipinski definition) is 3. The highest BCUT2D eigenvalue weighted by Gasteiger charge is 2.18. The topological polar surface area (TPSA) is 90.3 Å². The van der Waals surface area contributed by atoms with Crippen molar-refractivity contribution in [2.75, 3.05) is 30.8 Å². The predicted octanol–water partition coefficient (Wildman–Crippen LogP) is 4.92. The van der Waals surface area contributed by atoms with E-state index in [1.165, 1.54) is 0 Å². The number of amides is 1. The van der Waals surface area contributed by atoms with Crippen molar-refractivity contribution in [1.29, 1.82) is 5.41 Å². The summed E-state index contributed by atoms with van der Waals surface area (Å²) in [6, 6.07) is 17.1. The van der Waals surface area contributed by atoms with Crippen LogP contribution >= 0.6 is 22.6 Å². The number of carbonyl (C=O) groups is 1. The van der Waals surface area contributed by atoms with Crippen LogP contribution in [-0.2, 0) is 11.0 Å². The molecule has 1 aliphatic rings. The summed E-state index contributed by atoms with van der Waals surface area (Å²) in [7, 11) is 1.58. The van der Waals surface area contributed by atoms with Gasteiger partial charge in [-0.1, -0.05) is 52.9 Å². The van der Waals surface area contributed by atoms with Crippen LogP contribution in [0.15, 0.2) is 60.8 Å². The van der Waals surface area contributed by atoms with Gasteiger partial charge in [-0.2, -0.15) is 0 Å². The Kier molecular flexibility index (Phi) is 7.43. The molecule has 0 radical (unpaired) electrons. The number of anilines is 2. The van der Waals surface area contributed by atoms with E-state index in [0.717, 1.165) is 40.6 Å². The molecule has 170 valence electrons. The van der Waals surface area contributed by atoms with Gasteiger partial charge in [0, 0.05) is 41.5 Å². The van der Waals surface area contributed by atoms with Crippen LogP contribution in [0, 0.1) is 5.41 Å². The number of nitrogens with zero attached hydrogens (tertiary/aromatic N) is 2. The molecule has 4 rings (SSSR count). The average molecular weight is 555 g/mol. The van der Waals surface area contributed by atoms with E-state index < -0.39 is 0 Å². The second-order valence-corrected chi connectivity index (χ2v) is 8.55. The molecular weight excluding hydrogens is 529 g/mol. The molecule has 0 unspecified atom stereocenters. The second-order valence-electron chi connectivity index (χ2n) is 7.79. The van der Waals surface area contributed by atoms with E-state index in [1.807, 2.05) is 42.5 Å². The van der Waals surface area contributed by atoms with Crippen molar-refractivity contribution in [2.24, 2.45) is 0 Å². The van der Waals surface area contributed by atoms with Gasteiger partial charge in [-0.05, 0) is 41.8 Å². The fourth-order valence-corrected chi connectivity index (χ4v) is 3.90. The molecule has 0 atom stereocenters. The molecule has 0 saturated carbocycles. The van der Waals surface area contributed by atoms with Gasteiger partial charge in [0.2, 0.25) is 0 Å². The first-order chi connectivity index (χ1) is 16.1. The molecule has 1 fully saturated rings. The third-order valence-electron chi connectivity index (χ3n) is 5.57. The van der Waals surface area contributed by atoms with Gasteiger partial charge in [0.25, 0.3) is 5.91 Å². The van der Waals surface area contributed by atoms with Crippen LogP contribution in [0.4, 0.5) is 11.5 Å². The molecule has 1 aliphatic heterocycles. The maximum absolute atomic E-state index is 13.0. The van der Waals surface area contributed by atoms with E-state index in [9.17, 15) is 4.79 Å². The summed E-state index contributed by atoms with van der Waals surface area (Å²) < 4.78 is 6.19. The van der Waals surface area contributed by atoms with Crippen molar-refractivity contribution < 1.29 is 9.53 Å². The van der Waals surface area contributed by atoms with E-state index in [2.05, 4.69) is 43.1 Å². The van der Waals surface area contributed by atoms with Gasteiger partial charge in [-0.3, -0.25) is 10.2 Å². The molecule has 1 amide bonds. The first kappa shape index (κ1) is 23.0. The third-order valence-corrected chi connectivity index (χ3v) is 6.46. The average Bonchev–Trinajstić information content (AvgIpc) is 2.82. The Morgan fingerprint density at radius 1 is 1.12 bits per heavy atom. The summed E-state index contributed by atoms with van der Waals surface area (Å²) in [6.07, 6.45) is 2.92. The van der Waals surface area contributed by atoms with Crippen molar-refractivity contribution in [1.82, 2.24) is 9.88 Å². The first-order valence-corrected chi connectivity index (χ1v) is 12.3. The largest absolute Gasteiger partial charge is 0.497 e. The Morgan fingerprint density at radius 2 is 1.88 bits per heavy atom. The Bertz CT molecular complexity index is 1130. The smallest absolute Gasteiger partial charge is 0.259 e. The van der Waals surface area contributed by atoms with E-state index >= 15 is 0 Å². The quantitative estimate of drug-likeness (QED) is 0.159. The van der Waals surface area contributed by atoms with Gasteiger partial charge < -0.3 is 20.3 Å². The van der Waals surface area contributed by atoms with Gasteiger partial charge in [0.1, 0.15) is 17.4 Å². The summed E-state index contributed by atoms with van der Waals surface area (Å²) >= 11 is 2.28. The number of likely N-dealkylation sites (tertiary alicyclic amines) is 1. The number of amidine groups is 1. The number of halogens is 1. The van der Waals surface area contributed by atoms with E-state index in [0.29, 0.717) is 35.2 Å². The monoisotopic (exact) mass is 555 g/mol. The van der Waals surface area contributed by atoms with Crippen molar-refractivity contribution in [3.8, 4) is 5.75 Å². The molecule has 7 nitrogen and oxygen atoms in total. The number of methoxy groups -OCH3 is 1. The van der Waals surface area contributed by atoms with Crippen molar-refractivity contribution >= 4 is 45.8 Å². The molecule has 33 heavy (non-hydrogen) atoms. The lowest BCUT2D eigenvalue weighted by molar-refractivity contribution is 0.102. The number of ether oxygens (including phenoxy) is 1. The van der Waals surface area contributed by atoms with Crippen LogP contribution in [0.2, 0.25) is 0 Å². The summed E-state index contributed by atoms with van der Waals surface area (Å²) in [6.45, 7) is 2.47. The lowest BCUT2D eigenvalue weighted by Crippen LogP contribution is -2.42.